The van der Waals surface area contributed by atoms with Crippen molar-refractivity contribution in [2.75, 3.05) is 5.75 Å². The van der Waals surface area contributed by atoms with Gasteiger partial charge in [0.1, 0.15) is 0 Å². The summed E-state index contributed by atoms with van der Waals surface area (Å²) in [5.41, 5.74) is 5.85. The normalized spacial score (nSPS) is 11.8. The van der Waals surface area contributed by atoms with E-state index >= 15 is 0 Å². The van der Waals surface area contributed by atoms with Gasteiger partial charge in [0.2, 0.25) is 0 Å². The lowest BCUT2D eigenvalue weighted by Crippen LogP contribution is -2.20. The van der Waals surface area contributed by atoms with Crippen LogP contribution in [0.25, 0.3) is 11.4 Å². The molecule has 0 fully saturated rings. The molecule has 0 radical (unpaired) electrons. The molecule has 1 aromatic heterocycles. The van der Waals surface area contributed by atoms with Gasteiger partial charge in [-0.25, -0.2) is 5.43 Å². The summed E-state index contributed by atoms with van der Waals surface area (Å²) in [5.74, 6) is 0.818. The number of thioether (sulfide) groups is 1. The topological polar surface area (TPSA) is 72.2 Å². The van der Waals surface area contributed by atoms with Gasteiger partial charge in [0.05, 0.1) is 12.0 Å². The fourth-order valence-electron chi connectivity index (χ4n) is 2.90. The zero-order valence-corrected chi connectivity index (χ0v) is 20.5. The molecule has 2 aromatic carbocycles. The molecule has 0 spiro atoms. The van der Waals surface area contributed by atoms with E-state index in [0.717, 1.165) is 28.0 Å². The van der Waals surface area contributed by atoms with E-state index < -0.39 is 0 Å². The lowest BCUT2D eigenvalue weighted by Gasteiger charge is -2.19. The molecular formula is C23H26BrN5OS. The molecular weight excluding hydrogens is 474 g/mol. The van der Waals surface area contributed by atoms with E-state index in [9.17, 15) is 4.79 Å². The van der Waals surface area contributed by atoms with E-state index in [-0.39, 0.29) is 17.1 Å². The average molecular weight is 500 g/mol. The Morgan fingerprint density at radius 1 is 1.13 bits per heavy atom. The molecule has 1 amide bonds. The molecule has 1 heterocycles. The number of nitrogens with zero attached hydrogens (tertiary/aromatic N) is 4. The van der Waals surface area contributed by atoms with E-state index in [1.165, 1.54) is 17.3 Å². The van der Waals surface area contributed by atoms with Crippen LogP contribution in [0.15, 0.2) is 63.3 Å². The van der Waals surface area contributed by atoms with Crippen molar-refractivity contribution in [3.8, 4) is 11.4 Å². The molecule has 162 valence electrons. The van der Waals surface area contributed by atoms with Gasteiger partial charge in [0, 0.05) is 16.6 Å². The quantitative estimate of drug-likeness (QED) is 0.273. The van der Waals surface area contributed by atoms with Crippen molar-refractivity contribution < 1.29 is 4.79 Å². The van der Waals surface area contributed by atoms with Crippen LogP contribution in [0.3, 0.4) is 0 Å². The van der Waals surface area contributed by atoms with Crippen molar-refractivity contribution in [2.24, 2.45) is 5.10 Å². The summed E-state index contributed by atoms with van der Waals surface area (Å²) in [6.45, 7) is 9.34. The predicted octanol–water partition coefficient (Wildman–Crippen LogP) is 5.27. The van der Waals surface area contributed by atoms with E-state index in [2.05, 4.69) is 81.7 Å². The summed E-state index contributed by atoms with van der Waals surface area (Å²) >= 11 is 4.74. The third kappa shape index (κ3) is 6.27. The number of hydrazone groups is 1. The van der Waals surface area contributed by atoms with Crippen molar-refractivity contribution in [1.29, 1.82) is 0 Å². The Kier molecular flexibility index (Phi) is 7.67. The van der Waals surface area contributed by atoms with E-state index in [1.807, 2.05) is 35.8 Å². The highest BCUT2D eigenvalue weighted by Gasteiger charge is 2.17. The summed E-state index contributed by atoms with van der Waals surface area (Å²) in [4.78, 5) is 12.2. The Bertz CT molecular complexity index is 1050. The van der Waals surface area contributed by atoms with Gasteiger partial charge in [-0.2, -0.15) is 5.10 Å². The summed E-state index contributed by atoms with van der Waals surface area (Å²) in [6.07, 6.45) is 1.61. The van der Waals surface area contributed by atoms with Gasteiger partial charge in [0.25, 0.3) is 5.91 Å². The number of carbonyl (C=O) groups excluding carboxylic acids is 1. The number of hydrogen-bond donors (Lipinski definition) is 1. The first-order valence-electron chi connectivity index (χ1n) is 10.0. The first-order valence-corrected chi connectivity index (χ1v) is 11.8. The van der Waals surface area contributed by atoms with Gasteiger partial charge in [0.15, 0.2) is 11.0 Å². The highest BCUT2D eigenvalue weighted by Crippen LogP contribution is 2.27. The second-order valence-electron chi connectivity index (χ2n) is 8.01. The number of aromatic nitrogens is 3. The van der Waals surface area contributed by atoms with Crippen LogP contribution in [0, 0.1) is 0 Å². The minimum absolute atomic E-state index is 0.102. The molecule has 6 nitrogen and oxygen atoms in total. The molecule has 0 aliphatic rings. The Labute approximate surface area is 195 Å². The maximum Gasteiger partial charge on any atom is 0.250 e. The maximum atomic E-state index is 12.2. The zero-order chi connectivity index (χ0) is 22.4. The molecule has 1 N–H and O–H groups in total. The van der Waals surface area contributed by atoms with Crippen LogP contribution in [-0.2, 0) is 16.8 Å². The smallest absolute Gasteiger partial charge is 0.250 e. The van der Waals surface area contributed by atoms with Crippen LogP contribution in [0.5, 0.6) is 0 Å². The Balaban J connectivity index is 1.61. The first-order chi connectivity index (χ1) is 14.8. The van der Waals surface area contributed by atoms with Crippen LogP contribution in [0.2, 0.25) is 0 Å². The highest BCUT2D eigenvalue weighted by atomic mass is 79.9. The SMILES string of the molecule is CCn1c(SCC(=O)N/N=C\c2ccc(Br)cc2)nnc1-c1ccc(C(C)(C)C)cc1. The van der Waals surface area contributed by atoms with Crippen LogP contribution in [-0.4, -0.2) is 32.6 Å². The number of benzene rings is 2. The largest absolute Gasteiger partial charge is 0.302 e. The van der Waals surface area contributed by atoms with Gasteiger partial charge in [-0.1, -0.05) is 84.9 Å². The molecule has 0 aliphatic heterocycles. The van der Waals surface area contributed by atoms with Gasteiger partial charge in [-0.15, -0.1) is 10.2 Å². The summed E-state index contributed by atoms with van der Waals surface area (Å²) < 4.78 is 3.02. The third-order valence-corrected chi connectivity index (χ3v) is 6.14. The number of carbonyl (C=O) groups is 1. The third-order valence-electron chi connectivity index (χ3n) is 4.65. The molecule has 3 rings (SSSR count). The van der Waals surface area contributed by atoms with Crippen molar-refractivity contribution in [2.45, 2.75) is 44.8 Å². The van der Waals surface area contributed by atoms with Crippen molar-refractivity contribution in [3.05, 3.63) is 64.1 Å². The Morgan fingerprint density at radius 2 is 1.81 bits per heavy atom. The van der Waals surface area contributed by atoms with Crippen LogP contribution in [0.4, 0.5) is 0 Å². The van der Waals surface area contributed by atoms with Crippen molar-refractivity contribution in [1.82, 2.24) is 20.2 Å². The second kappa shape index (κ2) is 10.2. The summed E-state index contributed by atoms with van der Waals surface area (Å²) in [7, 11) is 0. The fraction of sp³-hybridized carbons (Fsp3) is 0.304. The molecule has 31 heavy (non-hydrogen) atoms. The predicted molar refractivity (Wildman–Crippen MR) is 130 cm³/mol. The number of amides is 1. The lowest BCUT2D eigenvalue weighted by atomic mass is 9.87. The van der Waals surface area contributed by atoms with Gasteiger partial charge < -0.3 is 4.57 Å². The molecule has 0 atom stereocenters. The molecule has 0 bridgehead atoms. The molecule has 8 heteroatoms. The molecule has 0 unspecified atom stereocenters. The molecule has 0 saturated heterocycles. The highest BCUT2D eigenvalue weighted by molar-refractivity contribution is 9.10. The number of halogens is 1. The van der Waals surface area contributed by atoms with E-state index in [1.54, 1.807) is 6.21 Å². The summed E-state index contributed by atoms with van der Waals surface area (Å²) in [5, 5.41) is 13.4. The van der Waals surface area contributed by atoms with Gasteiger partial charge in [-0.3, -0.25) is 4.79 Å². The van der Waals surface area contributed by atoms with Gasteiger partial charge in [-0.05, 0) is 35.6 Å². The Hall–Kier alpha value is -2.45. The first kappa shape index (κ1) is 23.2. The standard InChI is InChI=1S/C23H26BrN5OS/c1-5-29-21(17-8-10-18(11-9-17)23(2,3)4)27-28-22(29)31-15-20(30)26-25-14-16-6-12-19(24)13-7-16/h6-14H,5,15H2,1-4H3,(H,26,30)/b25-14-. The fourth-order valence-corrected chi connectivity index (χ4v) is 3.96. The van der Waals surface area contributed by atoms with Crippen LogP contribution < -0.4 is 5.43 Å². The van der Waals surface area contributed by atoms with E-state index in [4.69, 9.17) is 0 Å². The minimum Gasteiger partial charge on any atom is -0.302 e. The van der Waals surface area contributed by atoms with Crippen molar-refractivity contribution in [3.63, 3.8) is 0 Å². The molecule has 0 saturated carbocycles. The second-order valence-corrected chi connectivity index (χ2v) is 9.87. The van der Waals surface area contributed by atoms with E-state index in [0.29, 0.717) is 5.16 Å². The number of rotatable bonds is 7. The monoisotopic (exact) mass is 499 g/mol. The number of nitrogens with one attached hydrogen (secondary N) is 1. The zero-order valence-electron chi connectivity index (χ0n) is 18.1. The molecule has 0 aliphatic carbocycles. The number of hydrogen-bond acceptors (Lipinski definition) is 5. The molecule has 3 aromatic rings. The maximum absolute atomic E-state index is 12.2. The minimum atomic E-state index is -0.194. The Morgan fingerprint density at radius 3 is 2.42 bits per heavy atom. The van der Waals surface area contributed by atoms with Crippen LogP contribution >= 0.6 is 27.7 Å². The summed E-state index contributed by atoms with van der Waals surface area (Å²) in [6, 6.07) is 16.1. The van der Waals surface area contributed by atoms with Crippen LogP contribution in [0.1, 0.15) is 38.8 Å². The van der Waals surface area contributed by atoms with Gasteiger partial charge >= 0.3 is 0 Å². The van der Waals surface area contributed by atoms with Crippen molar-refractivity contribution >= 4 is 39.8 Å². The average Bonchev–Trinajstić information content (AvgIpc) is 3.16. The lowest BCUT2D eigenvalue weighted by molar-refractivity contribution is -0.118.